The summed E-state index contributed by atoms with van der Waals surface area (Å²) in [4.78, 5) is 4.66. The van der Waals surface area contributed by atoms with E-state index in [0.717, 1.165) is 18.9 Å². The molecule has 0 saturated carbocycles. The van der Waals surface area contributed by atoms with Crippen LogP contribution in [0.2, 0.25) is 0 Å². The Kier molecular flexibility index (Phi) is 3.72. The molecule has 84 valence electrons. The van der Waals surface area contributed by atoms with Gasteiger partial charge in [-0.2, -0.15) is 0 Å². The summed E-state index contributed by atoms with van der Waals surface area (Å²) in [7, 11) is 0. The Bertz CT molecular complexity index is 305. The van der Waals surface area contributed by atoms with Crippen molar-refractivity contribution in [1.29, 1.82) is 0 Å². The monoisotopic (exact) mass is 225 g/mol. The smallest absolute Gasteiger partial charge is 0.0931 e. The summed E-state index contributed by atoms with van der Waals surface area (Å²) in [6.45, 7) is 5.15. The molecule has 3 N–H and O–H groups in total. The van der Waals surface area contributed by atoms with Gasteiger partial charge < -0.3 is 11.1 Å². The first kappa shape index (κ1) is 11.0. The lowest BCUT2D eigenvalue weighted by Crippen LogP contribution is -2.11. The van der Waals surface area contributed by atoms with Gasteiger partial charge in [-0.15, -0.1) is 11.3 Å². The molecule has 1 aliphatic rings. The largest absolute Gasteiger partial charge is 0.330 e. The van der Waals surface area contributed by atoms with Crippen molar-refractivity contribution in [2.75, 3.05) is 19.6 Å². The quantitative estimate of drug-likeness (QED) is 0.813. The van der Waals surface area contributed by atoms with Crippen LogP contribution in [0.4, 0.5) is 0 Å². The zero-order chi connectivity index (χ0) is 10.7. The number of nitrogens with one attached hydrogen (secondary N) is 1. The van der Waals surface area contributed by atoms with Gasteiger partial charge in [0.15, 0.2) is 0 Å². The van der Waals surface area contributed by atoms with Crippen LogP contribution < -0.4 is 11.1 Å². The highest BCUT2D eigenvalue weighted by Gasteiger charge is 2.17. The van der Waals surface area contributed by atoms with Crippen molar-refractivity contribution in [3.63, 3.8) is 0 Å². The van der Waals surface area contributed by atoms with Gasteiger partial charge in [-0.1, -0.05) is 6.92 Å². The van der Waals surface area contributed by atoms with Crippen molar-refractivity contribution in [3.05, 3.63) is 16.1 Å². The van der Waals surface area contributed by atoms with Gasteiger partial charge in [-0.3, -0.25) is 0 Å². The molecule has 1 fully saturated rings. The fourth-order valence-corrected chi connectivity index (χ4v) is 2.93. The van der Waals surface area contributed by atoms with Crippen molar-refractivity contribution in [1.82, 2.24) is 10.3 Å². The highest BCUT2D eigenvalue weighted by atomic mass is 32.1. The molecule has 0 amide bonds. The van der Waals surface area contributed by atoms with E-state index in [1.807, 2.05) is 0 Å². The average molecular weight is 225 g/mol. The first-order valence-corrected chi connectivity index (χ1v) is 6.52. The maximum Gasteiger partial charge on any atom is 0.0931 e. The number of hydrogen-bond acceptors (Lipinski definition) is 4. The molecular formula is C11H19N3S. The van der Waals surface area contributed by atoms with Gasteiger partial charge in [0.2, 0.25) is 0 Å². The third-order valence-electron chi connectivity index (χ3n) is 3.05. The van der Waals surface area contributed by atoms with E-state index in [0.29, 0.717) is 12.5 Å². The second kappa shape index (κ2) is 5.05. The summed E-state index contributed by atoms with van der Waals surface area (Å²) in [6.07, 6.45) is 2.43. The number of aromatic nitrogens is 1. The Morgan fingerprint density at radius 1 is 1.73 bits per heavy atom. The summed E-state index contributed by atoms with van der Waals surface area (Å²) in [6, 6.07) is 0. The Morgan fingerprint density at radius 2 is 2.60 bits per heavy atom. The van der Waals surface area contributed by atoms with Crippen LogP contribution in [0.5, 0.6) is 0 Å². The van der Waals surface area contributed by atoms with E-state index >= 15 is 0 Å². The Hall–Kier alpha value is -0.450. The SMILES string of the molecule is CC(CN)c1csc(CC2CCNC2)n1. The highest BCUT2D eigenvalue weighted by Crippen LogP contribution is 2.21. The van der Waals surface area contributed by atoms with E-state index in [-0.39, 0.29) is 0 Å². The van der Waals surface area contributed by atoms with E-state index in [4.69, 9.17) is 5.73 Å². The molecule has 1 saturated heterocycles. The van der Waals surface area contributed by atoms with Gasteiger partial charge in [0, 0.05) is 24.3 Å². The van der Waals surface area contributed by atoms with Crippen molar-refractivity contribution < 1.29 is 0 Å². The van der Waals surface area contributed by atoms with E-state index in [2.05, 4.69) is 22.6 Å². The average Bonchev–Trinajstić information content (AvgIpc) is 2.88. The van der Waals surface area contributed by atoms with Crippen LogP contribution in [0.15, 0.2) is 5.38 Å². The molecule has 0 bridgehead atoms. The third-order valence-corrected chi connectivity index (χ3v) is 3.94. The minimum absolute atomic E-state index is 0.400. The number of nitrogens with two attached hydrogens (primary N) is 1. The molecule has 2 rings (SSSR count). The topological polar surface area (TPSA) is 50.9 Å². The lowest BCUT2D eigenvalue weighted by molar-refractivity contribution is 0.576. The van der Waals surface area contributed by atoms with Crippen LogP contribution in [-0.4, -0.2) is 24.6 Å². The molecule has 1 aliphatic heterocycles. The number of nitrogens with zero attached hydrogens (tertiary/aromatic N) is 1. The first-order valence-electron chi connectivity index (χ1n) is 5.64. The number of rotatable bonds is 4. The van der Waals surface area contributed by atoms with E-state index in [9.17, 15) is 0 Å². The Morgan fingerprint density at radius 3 is 3.27 bits per heavy atom. The van der Waals surface area contributed by atoms with Gasteiger partial charge in [-0.05, 0) is 25.4 Å². The zero-order valence-corrected chi connectivity index (χ0v) is 10.0. The summed E-state index contributed by atoms with van der Waals surface area (Å²) < 4.78 is 0. The van der Waals surface area contributed by atoms with Gasteiger partial charge in [-0.25, -0.2) is 4.98 Å². The van der Waals surface area contributed by atoms with Crippen molar-refractivity contribution in [2.24, 2.45) is 11.7 Å². The Balaban J connectivity index is 1.94. The minimum atomic E-state index is 0.400. The van der Waals surface area contributed by atoms with Gasteiger partial charge in [0.05, 0.1) is 10.7 Å². The van der Waals surface area contributed by atoms with E-state index < -0.39 is 0 Å². The van der Waals surface area contributed by atoms with Crippen molar-refractivity contribution in [3.8, 4) is 0 Å². The Labute approximate surface area is 95.1 Å². The van der Waals surface area contributed by atoms with E-state index in [1.165, 1.54) is 23.7 Å². The molecular weight excluding hydrogens is 206 g/mol. The summed E-state index contributed by atoms with van der Waals surface area (Å²) in [5, 5.41) is 6.83. The standard InChI is InChI=1S/C11H19N3S/c1-8(5-12)10-7-15-11(14-10)4-9-2-3-13-6-9/h7-9,13H,2-6,12H2,1H3. The van der Waals surface area contributed by atoms with Crippen molar-refractivity contribution in [2.45, 2.75) is 25.7 Å². The maximum atomic E-state index is 5.63. The number of hydrogen-bond donors (Lipinski definition) is 2. The molecule has 2 unspecified atom stereocenters. The zero-order valence-electron chi connectivity index (χ0n) is 9.20. The molecule has 3 nitrogen and oxygen atoms in total. The predicted molar refractivity (Wildman–Crippen MR) is 64.3 cm³/mol. The van der Waals surface area contributed by atoms with Crippen LogP contribution in [0.1, 0.15) is 30.0 Å². The molecule has 0 aromatic carbocycles. The van der Waals surface area contributed by atoms with Crippen LogP contribution in [-0.2, 0) is 6.42 Å². The fourth-order valence-electron chi connectivity index (χ4n) is 1.90. The summed E-state index contributed by atoms with van der Waals surface area (Å²) in [5.41, 5.74) is 6.80. The molecule has 1 aromatic rings. The molecule has 0 aliphatic carbocycles. The van der Waals surface area contributed by atoms with Crippen LogP contribution in [0, 0.1) is 5.92 Å². The lowest BCUT2D eigenvalue weighted by atomic mass is 10.1. The molecule has 4 heteroatoms. The predicted octanol–water partition coefficient (Wildman–Crippen LogP) is 1.36. The van der Waals surface area contributed by atoms with Crippen molar-refractivity contribution >= 4 is 11.3 Å². The second-order valence-corrected chi connectivity index (χ2v) is 5.31. The molecule has 1 aromatic heterocycles. The fraction of sp³-hybridized carbons (Fsp3) is 0.727. The van der Waals surface area contributed by atoms with Gasteiger partial charge >= 0.3 is 0 Å². The summed E-state index contributed by atoms with van der Waals surface area (Å²) >= 11 is 1.79. The second-order valence-electron chi connectivity index (χ2n) is 4.37. The normalized spacial score (nSPS) is 23.2. The van der Waals surface area contributed by atoms with Gasteiger partial charge in [0.1, 0.15) is 0 Å². The highest BCUT2D eigenvalue weighted by molar-refractivity contribution is 7.09. The lowest BCUT2D eigenvalue weighted by Gasteiger charge is -2.05. The molecule has 0 radical (unpaired) electrons. The minimum Gasteiger partial charge on any atom is -0.330 e. The van der Waals surface area contributed by atoms with E-state index in [1.54, 1.807) is 11.3 Å². The molecule has 0 spiro atoms. The van der Waals surface area contributed by atoms with Gasteiger partial charge in [0.25, 0.3) is 0 Å². The van der Waals surface area contributed by atoms with Crippen LogP contribution >= 0.6 is 11.3 Å². The summed E-state index contributed by atoms with van der Waals surface area (Å²) in [5.74, 6) is 1.19. The molecule has 2 atom stereocenters. The van der Waals surface area contributed by atoms with Crippen LogP contribution in [0.3, 0.4) is 0 Å². The number of thiazole rings is 1. The molecule has 2 heterocycles. The maximum absolute atomic E-state index is 5.63. The first-order chi connectivity index (χ1) is 7.29. The third kappa shape index (κ3) is 2.77. The molecule has 15 heavy (non-hydrogen) atoms. The van der Waals surface area contributed by atoms with Crippen LogP contribution in [0.25, 0.3) is 0 Å².